The average molecular weight is 566 g/mol. The molecule has 3 aromatic carbocycles. The summed E-state index contributed by atoms with van der Waals surface area (Å²) in [7, 11) is 0. The van der Waals surface area contributed by atoms with Crippen molar-refractivity contribution in [3.63, 3.8) is 0 Å². The number of carboxylic acids is 1. The van der Waals surface area contributed by atoms with E-state index in [4.69, 9.17) is 10.1 Å². The Morgan fingerprint density at radius 1 is 1.00 bits per heavy atom. The average Bonchev–Trinajstić information content (AvgIpc) is 3.46. The highest BCUT2D eigenvalue weighted by atomic mass is 32.1. The molecule has 1 amide bonds. The van der Waals surface area contributed by atoms with Gasteiger partial charge in [-0.25, -0.2) is 4.98 Å². The van der Waals surface area contributed by atoms with Gasteiger partial charge in [0.25, 0.3) is 5.91 Å². The van der Waals surface area contributed by atoms with Crippen molar-refractivity contribution in [2.45, 2.75) is 52.5 Å². The zero-order valence-electron chi connectivity index (χ0n) is 23.5. The fourth-order valence-electron chi connectivity index (χ4n) is 5.17. The van der Waals surface area contributed by atoms with Gasteiger partial charge in [0, 0.05) is 28.7 Å². The molecule has 1 heterocycles. The van der Waals surface area contributed by atoms with Crippen molar-refractivity contribution in [2.75, 3.05) is 11.4 Å². The highest BCUT2D eigenvalue weighted by Crippen LogP contribution is 2.36. The number of nitrogens with zero attached hydrogens (tertiary/aromatic N) is 2. The van der Waals surface area contributed by atoms with E-state index in [1.165, 1.54) is 35.1 Å². The minimum atomic E-state index is -0.938. The zero-order chi connectivity index (χ0) is 28.8. The van der Waals surface area contributed by atoms with Crippen LogP contribution in [-0.4, -0.2) is 28.5 Å². The van der Waals surface area contributed by atoms with Crippen LogP contribution in [0.3, 0.4) is 0 Å². The van der Waals surface area contributed by atoms with Crippen LogP contribution in [0, 0.1) is 13.8 Å². The molecule has 0 saturated heterocycles. The molecule has 210 valence electrons. The minimum absolute atomic E-state index is 0.101. The highest BCUT2D eigenvalue weighted by Gasteiger charge is 2.17. The minimum Gasteiger partial charge on any atom is -0.481 e. The largest absolute Gasteiger partial charge is 0.481 e. The molecule has 6 nitrogen and oxygen atoms in total. The van der Waals surface area contributed by atoms with Crippen LogP contribution >= 0.6 is 11.3 Å². The van der Waals surface area contributed by atoms with Crippen LogP contribution in [0.4, 0.5) is 10.8 Å². The van der Waals surface area contributed by atoms with E-state index in [0.29, 0.717) is 12.1 Å². The maximum Gasteiger partial charge on any atom is 0.305 e. The number of thiazole rings is 1. The number of rotatable bonds is 10. The molecule has 1 aliphatic rings. The molecule has 4 aromatic rings. The third-order valence-electron chi connectivity index (χ3n) is 7.40. The van der Waals surface area contributed by atoms with Gasteiger partial charge in [-0.3, -0.25) is 9.59 Å². The number of carbonyl (C=O) groups is 2. The molecule has 0 saturated carbocycles. The van der Waals surface area contributed by atoms with Gasteiger partial charge in [-0.15, -0.1) is 11.3 Å². The second-order valence-electron chi connectivity index (χ2n) is 10.5. The summed E-state index contributed by atoms with van der Waals surface area (Å²) in [4.78, 5) is 30.5. The second kappa shape index (κ2) is 13.0. The first kappa shape index (κ1) is 28.3. The van der Waals surface area contributed by atoms with Crippen molar-refractivity contribution in [2.24, 2.45) is 0 Å². The standard InChI is InChI=1S/C34H35N3O3S/c1-23-8-17-30(24(2)20-23)31-22-41-34(36-31)37(29-15-13-27(14-16-29)26-6-4-3-5-7-26)21-25-9-11-28(12-10-25)33(40)35-19-18-32(38)39/h6,8-17,20,22H,3-5,7,18-19,21H2,1-2H3,(H,35,40)(H,38,39). The summed E-state index contributed by atoms with van der Waals surface area (Å²) in [5, 5.41) is 14.5. The Bertz CT molecular complexity index is 1560. The van der Waals surface area contributed by atoms with Crippen molar-refractivity contribution >= 4 is 39.6 Å². The Kier molecular flexibility index (Phi) is 8.95. The number of aromatic nitrogens is 1. The Morgan fingerprint density at radius 2 is 1.78 bits per heavy atom. The molecule has 0 spiro atoms. The predicted molar refractivity (Wildman–Crippen MR) is 167 cm³/mol. The van der Waals surface area contributed by atoms with Crippen LogP contribution in [-0.2, 0) is 11.3 Å². The summed E-state index contributed by atoms with van der Waals surface area (Å²) in [6, 6.07) is 22.7. The summed E-state index contributed by atoms with van der Waals surface area (Å²) in [5.74, 6) is -1.22. The van der Waals surface area contributed by atoms with Crippen molar-refractivity contribution in [1.82, 2.24) is 10.3 Å². The van der Waals surface area contributed by atoms with E-state index in [1.54, 1.807) is 23.5 Å². The van der Waals surface area contributed by atoms with E-state index in [0.717, 1.165) is 40.5 Å². The SMILES string of the molecule is Cc1ccc(-c2csc(N(Cc3ccc(C(=O)NCCC(=O)O)cc3)c3ccc(C4=CCCCC4)cc3)n2)c(C)c1. The number of aliphatic carboxylic acids is 1. The fraction of sp³-hybridized carbons (Fsp3) is 0.265. The normalized spacial score (nSPS) is 13.0. The summed E-state index contributed by atoms with van der Waals surface area (Å²) in [6.45, 7) is 4.91. The van der Waals surface area contributed by atoms with E-state index in [-0.39, 0.29) is 18.9 Å². The van der Waals surface area contributed by atoms with Gasteiger partial charge in [0.1, 0.15) is 0 Å². The molecule has 1 aliphatic carbocycles. The number of benzene rings is 3. The van der Waals surface area contributed by atoms with Crippen LogP contribution in [0.5, 0.6) is 0 Å². The monoisotopic (exact) mass is 565 g/mol. The highest BCUT2D eigenvalue weighted by molar-refractivity contribution is 7.14. The predicted octanol–water partition coefficient (Wildman–Crippen LogP) is 7.93. The number of anilines is 2. The van der Waals surface area contributed by atoms with Crippen molar-refractivity contribution in [3.8, 4) is 11.3 Å². The number of carboxylic acid groups (broad SMARTS) is 1. The summed E-state index contributed by atoms with van der Waals surface area (Å²) in [6.07, 6.45) is 7.06. The summed E-state index contributed by atoms with van der Waals surface area (Å²) < 4.78 is 0. The smallest absolute Gasteiger partial charge is 0.305 e. The number of hydrogen-bond donors (Lipinski definition) is 2. The number of amides is 1. The van der Waals surface area contributed by atoms with E-state index in [2.05, 4.69) is 78.0 Å². The molecular weight excluding hydrogens is 530 g/mol. The Morgan fingerprint density at radius 3 is 2.46 bits per heavy atom. The second-order valence-corrected chi connectivity index (χ2v) is 11.4. The van der Waals surface area contributed by atoms with Crippen LogP contribution < -0.4 is 10.2 Å². The van der Waals surface area contributed by atoms with Crippen LogP contribution in [0.2, 0.25) is 0 Å². The lowest BCUT2D eigenvalue weighted by Gasteiger charge is -2.23. The van der Waals surface area contributed by atoms with E-state index in [1.807, 2.05) is 12.1 Å². The Balaban J connectivity index is 1.41. The molecule has 5 rings (SSSR count). The fourth-order valence-corrected chi connectivity index (χ4v) is 6.01. The topological polar surface area (TPSA) is 82.5 Å². The lowest BCUT2D eigenvalue weighted by atomic mass is 9.93. The molecule has 0 bridgehead atoms. The molecule has 0 aliphatic heterocycles. The van der Waals surface area contributed by atoms with Gasteiger partial charge in [0.15, 0.2) is 5.13 Å². The Hall–Kier alpha value is -4.23. The molecule has 0 radical (unpaired) electrons. The first-order chi connectivity index (χ1) is 19.9. The Labute approximate surface area is 245 Å². The van der Waals surface area contributed by atoms with Gasteiger partial charge in [0.05, 0.1) is 18.7 Å². The number of carbonyl (C=O) groups excluding carboxylic acids is 1. The van der Waals surface area contributed by atoms with Gasteiger partial charge >= 0.3 is 5.97 Å². The molecular formula is C34H35N3O3S. The van der Waals surface area contributed by atoms with E-state index in [9.17, 15) is 9.59 Å². The van der Waals surface area contributed by atoms with Crippen LogP contribution in [0.1, 0.15) is 64.7 Å². The van der Waals surface area contributed by atoms with E-state index >= 15 is 0 Å². The van der Waals surface area contributed by atoms with Gasteiger partial charge in [-0.05, 0) is 86.1 Å². The molecule has 2 N–H and O–H groups in total. The first-order valence-corrected chi connectivity index (χ1v) is 14.9. The quantitative estimate of drug-likeness (QED) is 0.204. The van der Waals surface area contributed by atoms with Crippen molar-refractivity contribution in [3.05, 3.63) is 106 Å². The van der Waals surface area contributed by atoms with Crippen LogP contribution in [0.25, 0.3) is 16.8 Å². The van der Waals surface area contributed by atoms with Gasteiger partial charge in [0.2, 0.25) is 0 Å². The zero-order valence-corrected chi connectivity index (χ0v) is 24.3. The number of allylic oxidation sites excluding steroid dienone is 2. The molecule has 0 unspecified atom stereocenters. The third-order valence-corrected chi connectivity index (χ3v) is 8.27. The van der Waals surface area contributed by atoms with E-state index < -0.39 is 5.97 Å². The van der Waals surface area contributed by atoms with Crippen molar-refractivity contribution < 1.29 is 14.7 Å². The third kappa shape index (κ3) is 7.11. The maximum atomic E-state index is 12.4. The summed E-state index contributed by atoms with van der Waals surface area (Å²) >= 11 is 1.62. The number of hydrogen-bond acceptors (Lipinski definition) is 5. The van der Waals surface area contributed by atoms with Gasteiger partial charge in [-0.1, -0.05) is 54.1 Å². The molecule has 0 atom stereocenters. The lowest BCUT2D eigenvalue weighted by molar-refractivity contribution is -0.136. The lowest BCUT2D eigenvalue weighted by Crippen LogP contribution is -2.26. The molecule has 7 heteroatoms. The molecule has 1 aromatic heterocycles. The molecule has 41 heavy (non-hydrogen) atoms. The molecule has 0 fully saturated rings. The maximum absolute atomic E-state index is 12.4. The number of nitrogens with one attached hydrogen (secondary N) is 1. The first-order valence-electron chi connectivity index (χ1n) is 14.1. The summed E-state index contributed by atoms with van der Waals surface area (Å²) in [5.41, 5.74) is 9.84. The van der Waals surface area contributed by atoms with Crippen molar-refractivity contribution in [1.29, 1.82) is 0 Å². The van der Waals surface area contributed by atoms with Gasteiger partial charge in [-0.2, -0.15) is 0 Å². The van der Waals surface area contributed by atoms with Gasteiger partial charge < -0.3 is 15.3 Å². The van der Waals surface area contributed by atoms with Crippen LogP contribution in [0.15, 0.2) is 78.2 Å². The number of aryl methyl sites for hydroxylation is 2.